The number of halogens is 4. The number of ether oxygens (including phenoxy) is 1. The van der Waals surface area contributed by atoms with Gasteiger partial charge in [-0.25, -0.2) is 4.39 Å². The van der Waals surface area contributed by atoms with E-state index in [1.807, 2.05) is 0 Å². The zero-order valence-electron chi connectivity index (χ0n) is 14.3. The summed E-state index contributed by atoms with van der Waals surface area (Å²) in [5, 5.41) is 20.6. The number of phenolic OH excluding ortho intramolecular Hbond substituents is 1. The van der Waals surface area contributed by atoms with Crippen molar-refractivity contribution in [1.29, 1.82) is 0 Å². The van der Waals surface area contributed by atoms with E-state index >= 15 is 0 Å². The predicted molar refractivity (Wildman–Crippen MR) is 103 cm³/mol. The van der Waals surface area contributed by atoms with Gasteiger partial charge in [-0.1, -0.05) is 24.0 Å². The largest absolute Gasteiger partial charge is 0.507 e. The molecule has 0 fully saturated rings. The van der Waals surface area contributed by atoms with E-state index in [9.17, 15) is 32.8 Å². The van der Waals surface area contributed by atoms with E-state index in [1.54, 1.807) is 0 Å². The molecule has 0 saturated carbocycles. The smallest absolute Gasteiger partial charge is 0.419 e. The summed E-state index contributed by atoms with van der Waals surface area (Å²) in [5.41, 5.74) is -1.42. The molecule has 0 aliphatic rings. The maximum Gasteiger partial charge on any atom is 0.419 e. The zero-order valence-corrected chi connectivity index (χ0v) is 15.9. The normalized spacial score (nSPS) is 12.2. The van der Waals surface area contributed by atoms with Gasteiger partial charge in [0.25, 0.3) is 5.06 Å². The molecule has 0 bridgehead atoms. The molecule has 2 N–H and O–H groups in total. The Labute approximate surface area is 170 Å². The van der Waals surface area contributed by atoms with Crippen LogP contribution in [0.3, 0.4) is 0 Å². The second-order valence-corrected chi connectivity index (χ2v) is 7.25. The lowest BCUT2D eigenvalue weighted by atomic mass is 10.2. The SMILES string of the molecule is C=C/C=C(\C=C\F)Oc1sc(SNc2ccc(C(F)(F)F)c(O)c2)cc1[N+](=O)[O-]. The van der Waals surface area contributed by atoms with E-state index in [4.69, 9.17) is 4.74 Å². The number of benzene rings is 1. The van der Waals surface area contributed by atoms with Crippen LogP contribution in [0.2, 0.25) is 0 Å². The van der Waals surface area contributed by atoms with Crippen LogP contribution in [0.1, 0.15) is 5.56 Å². The summed E-state index contributed by atoms with van der Waals surface area (Å²) in [6.45, 7) is 3.43. The Morgan fingerprint density at radius 3 is 2.66 bits per heavy atom. The Kier molecular flexibility index (Phi) is 7.29. The first-order chi connectivity index (χ1) is 13.7. The molecule has 1 aromatic heterocycles. The van der Waals surface area contributed by atoms with Crippen LogP contribution in [0.5, 0.6) is 10.8 Å². The van der Waals surface area contributed by atoms with Gasteiger partial charge in [-0.3, -0.25) is 10.1 Å². The second-order valence-electron chi connectivity index (χ2n) is 5.13. The van der Waals surface area contributed by atoms with Crippen molar-refractivity contribution in [2.75, 3.05) is 4.72 Å². The highest BCUT2D eigenvalue weighted by Crippen LogP contribution is 2.43. The second kappa shape index (κ2) is 9.47. The number of aromatic hydroxyl groups is 1. The molecular weight excluding hydrogens is 436 g/mol. The van der Waals surface area contributed by atoms with Crippen LogP contribution in [0.4, 0.5) is 28.9 Å². The van der Waals surface area contributed by atoms with E-state index in [1.165, 1.54) is 18.2 Å². The van der Waals surface area contributed by atoms with E-state index in [0.717, 1.165) is 41.5 Å². The number of anilines is 1. The van der Waals surface area contributed by atoms with Crippen molar-refractivity contribution in [1.82, 2.24) is 0 Å². The fourth-order valence-corrected chi connectivity index (χ4v) is 3.71. The summed E-state index contributed by atoms with van der Waals surface area (Å²) in [5.74, 6) is -0.980. The minimum absolute atomic E-state index is 0.0235. The Bertz CT molecular complexity index is 971. The molecule has 0 unspecified atom stereocenters. The minimum Gasteiger partial charge on any atom is -0.507 e. The fourth-order valence-electron chi connectivity index (χ4n) is 1.95. The van der Waals surface area contributed by atoms with Gasteiger partial charge >= 0.3 is 11.9 Å². The molecule has 12 heteroatoms. The Morgan fingerprint density at radius 1 is 1.38 bits per heavy atom. The van der Waals surface area contributed by atoms with Crippen molar-refractivity contribution in [3.63, 3.8) is 0 Å². The van der Waals surface area contributed by atoms with Crippen molar-refractivity contribution in [3.8, 4) is 10.8 Å². The third-order valence-electron chi connectivity index (χ3n) is 3.15. The van der Waals surface area contributed by atoms with Crippen LogP contribution in [-0.2, 0) is 6.18 Å². The monoisotopic (exact) mass is 448 g/mol. The summed E-state index contributed by atoms with van der Waals surface area (Å²) in [7, 11) is 0. The Balaban J connectivity index is 2.20. The number of nitrogens with one attached hydrogen (secondary N) is 1. The Morgan fingerprint density at radius 2 is 2.10 bits per heavy atom. The number of hydrogen-bond acceptors (Lipinski definition) is 7. The van der Waals surface area contributed by atoms with Gasteiger partial charge in [0.2, 0.25) is 0 Å². The zero-order chi connectivity index (χ0) is 21.6. The molecule has 0 spiro atoms. The molecule has 1 heterocycles. The molecule has 6 nitrogen and oxygen atoms in total. The average molecular weight is 448 g/mol. The first-order valence-electron chi connectivity index (χ1n) is 7.54. The number of nitrogens with zero attached hydrogens (tertiary/aromatic N) is 1. The number of hydrogen-bond donors (Lipinski definition) is 2. The molecule has 154 valence electrons. The van der Waals surface area contributed by atoms with Crippen LogP contribution in [0.25, 0.3) is 0 Å². The highest BCUT2D eigenvalue weighted by Gasteiger charge is 2.33. The molecule has 2 aromatic rings. The molecule has 0 amide bonds. The topological polar surface area (TPSA) is 84.6 Å². The number of allylic oxidation sites excluding steroid dienone is 3. The van der Waals surface area contributed by atoms with E-state index < -0.39 is 22.4 Å². The van der Waals surface area contributed by atoms with Crippen molar-refractivity contribution < 1.29 is 32.3 Å². The molecule has 29 heavy (non-hydrogen) atoms. The van der Waals surface area contributed by atoms with Crippen LogP contribution < -0.4 is 9.46 Å². The number of alkyl halides is 3. The maximum atomic E-state index is 12.7. The van der Waals surface area contributed by atoms with Crippen molar-refractivity contribution >= 4 is 34.7 Å². The summed E-state index contributed by atoms with van der Waals surface area (Å²) < 4.78 is 58.8. The van der Waals surface area contributed by atoms with Gasteiger partial charge in [0.1, 0.15) is 11.5 Å². The van der Waals surface area contributed by atoms with Gasteiger partial charge < -0.3 is 14.6 Å². The van der Waals surface area contributed by atoms with Gasteiger partial charge in [-0.05, 0) is 30.2 Å². The molecular formula is C17H12F4N2O4S2. The lowest BCUT2D eigenvalue weighted by Crippen LogP contribution is -2.05. The first-order valence-corrected chi connectivity index (χ1v) is 9.17. The standard InChI is InChI=1S/C17H12F4N2O4S2/c1-2-3-11(6-7-18)27-16-13(23(25)26)9-15(28-16)29-22-10-4-5-12(14(24)8-10)17(19,20)21/h2-9,22,24H,1H2/b7-6+,11-3+. The maximum absolute atomic E-state index is 12.7. The lowest BCUT2D eigenvalue weighted by molar-refractivity contribution is -0.385. The number of nitro groups is 1. The van der Waals surface area contributed by atoms with E-state index in [2.05, 4.69) is 11.3 Å². The van der Waals surface area contributed by atoms with Crippen LogP contribution in [0, 0.1) is 10.1 Å². The Hall–Kier alpha value is -2.99. The summed E-state index contributed by atoms with van der Waals surface area (Å²) in [6, 6.07) is 3.88. The van der Waals surface area contributed by atoms with Crippen molar-refractivity contribution in [2.24, 2.45) is 0 Å². The predicted octanol–water partition coefficient (Wildman–Crippen LogP) is 6.43. The lowest BCUT2D eigenvalue weighted by Gasteiger charge is -2.10. The number of rotatable bonds is 8. The van der Waals surface area contributed by atoms with Crippen LogP contribution in [-0.4, -0.2) is 10.0 Å². The van der Waals surface area contributed by atoms with Crippen LogP contribution in [0.15, 0.2) is 65.4 Å². The molecule has 0 radical (unpaired) electrons. The van der Waals surface area contributed by atoms with Crippen molar-refractivity contribution in [3.05, 3.63) is 76.8 Å². The van der Waals surface area contributed by atoms with Gasteiger partial charge in [0.15, 0.2) is 0 Å². The third-order valence-corrected chi connectivity index (χ3v) is 5.10. The quantitative estimate of drug-likeness (QED) is 0.121. The molecule has 0 aliphatic carbocycles. The third kappa shape index (κ3) is 5.99. The summed E-state index contributed by atoms with van der Waals surface area (Å²) in [4.78, 5) is 10.5. The summed E-state index contributed by atoms with van der Waals surface area (Å²) in [6.07, 6.45) is -0.941. The van der Waals surface area contributed by atoms with Gasteiger partial charge in [0, 0.05) is 23.9 Å². The average Bonchev–Trinajstić information content (AvgIpc) is 3.02. The number of phenols is 1. The highest BCUT2D eigenvalue weighted by atomic mass is 32.2. The molecule has 0 aliphatic heterocycles. The van der Waals surface area contributed by atoms with Gasteiger partial charge in [-0.15, -0.1) is 0 Å². The molecule has 0 atom stereocenters. The van der Waals surface area contributed by atoms with Crippen LogP contribution >= 0.6 is 23.3 Å². The van der Waals surface area contributed by atoms with Crippen molar-refractivity contribution in [2.45, 2.75) is 10.4 Å². The summed E-state index contributed by atoms with van der Waals surface area (Å²) >= 11 is 1.72. The highest BCUT2D eigenvalue weighted by molar-refractivity contribution is 8.02. The molecule has 2 rings (SSSR count). The van der Waals surface area contributed by atoms with E-state index in [-0.39, 0.29) is 28.5 Å². The minimum atomic E-state index is -4.69. The number of thiophene rings is 1. The van der Waals surface area contributed by atoms with Gasteiger partial charge in [0.05, 0.1) is 21.0 Å². The first kappa shape index (κ1) is 22.3. The molecule has 1 aromatic carbocycles. The van der Waals surface area contributed by atoms with E-state index in [0.29, 0.717) is 10.3 Å². The fraction of sp³-hybridized carbons (Fsp3) is 0.0588. The molecule has 0 saturated heterocycles. The van der Waals surface area contributed by atoms with Gasteiger partial charge in [-0.2, -0.15) is 13.2 Å².